The van der Waals surface area contributed by atoms with Crippen molar-refractivity contribution in [1.29, 1.82) is 0 Å². The highest BCUT2D eigenvalue weighted by Crippen LogP contribution is 2.32. The number of nitrogens with two attached hydrogens (primary N) is 1. The smallest absolute Gasteiger partial charge is 0.161 e. The average Bonchev–Trinajstić information content (AvgIpc) is 2.88. The summed E-state index contributed by atoms with van der Waals surface area (Å²) in [5.74, 6) is 1.56. The van der Waals surface area contributed by atoms with Crippen LogP contribution in [0.1, 0.15) is 68.7 Å². The van der Waals surface area contributed by atoms with Gasteiger partial charge in [-0.25, -0.2) is 0 Å². The van der Waals surface area contributed by atoms with Crippen molar-refractivity contribution in [2.75, 3.05) is 7.11 Å². The highest BCUT2D eigenvalue weighted by molar-refractivity contribution is 5.43. The maximum Gasteiger partial charge on any atom is 0.161 e. The van der Waals surface area contributed by atoms with Crippen LogP contribution in [0.25, 0.3) is 0 Å². The van der Waals surface area contributed by atoms with Crippen molar-refractivity contribution in [3.8, 4) is 11.5 Å². The van der Waals surface area contributed by atoms with Crippen LogP contribution in [0.5, 0.6) is 11.5 Å². The Morgan fingerprint density at radius 3 is 2.06 bits per heavy atom. The second-order valence-electron chi connectivity index (χ2n) is 11.2. The van der Waals surface area contributed by atoms with E-state index in [1.54, 1.807) is 7.11 Å². The molecule has 0 bridgehead atoms. The first-order valence-electron chi connectivity index (χ1n) is 13.2. The Labute approximate surface area is 217 Å². The van der Waals surface area contributed by atoms with Gasteiger partial charge in [0, 0.05) is 25.2 Å². The van der Waals surface area contributed by atoms with Gasteiger partial charge in [0.15, 0.2) is 11.5 Å². The van der Waals surface area contributed by atoms with E-state index >= 15 is 0 Å². The molecule has 1 saturated carbocycles. The lowest BCUT2D eigenvalue weighted by atomic mass is 9.86. The molecule has 1 aliphatic carbocycles. The quantitative estimate of drug-likeness (QED) is 0.360. The molecule has 0 saturated heterocycles. The van der Waals surface area contributed by atoms with Crippen LogP contribution in [0.4, 0.5) is 0 Å². The molecule has 3 aromatic rings. The summed E-state index contributed by atoms with van der Waals surface area (Å²) < 4.78 is 11.8. The third kappa shape index (κ3) is 7.11. The minimum atomic E-state index is 0.165. The van der Waals surface area contributed by atoms with Gasteiger partial charge >= 0.3 is 0 Å². The lowest BCUT2D eigenvalue weighted by Crippen LogP contribution is -2.40. The summed E-state index contributed by atoms with van der Waals surface area (Å²) in [6.07, 6.45) is 4.49. The molecule has 4 nitrogen and oxygen atoms in total. The molecule has 192 valence electrons. The van der Waals surface area contributed by atoms with Gasteiger partial charge in [0.2, 0.25) is 0 Å². The van der Waals surface area contributed by atoms with Crippen LogP contribution in [0, 0.1) is 0 Å². The Bertz CT molecular complexity index is 1080. The first kappa shape index (κ1) is 26.2. The number of ether oxygens (including phenoxy) is 2. The van der Waals surface area contributed by atoms with E-state index in [0.717, 1.165) is 55.8 Å². The van der Waals surface area contributed by atoms with Crippen LogP contribution in [0.3, 0.4) is 0 Å². The molecule has 0 radical (unpaired) electrons. The molecule has 2 N–H and O–H groups in total. The standard InChI is InChI=1S/C32H42N2O2/c1-32(2,3)27-13-10-24(11-14-27)21-34(29-17-15-28(33)16-18-29)22-26-12-19-30(31(20-26)35-4)36-23-25-8-6-5-7-9-25/h5-14,19-20,28-29H,15-18,21-23,33H2,1-4H3. The van der Waals surface area contributed by atoms with Gasteiger partial charge in [-0.15, -0.1) is 0 Å². The Kier molecular flexibility index (Phi) is 8.71. The molecule has 0 atom stereocenters. The highest BCUT2D eigenvalue weighted by Gasteiger charge is 2.25. The molecule has 0 aromatic heterocycles. The fourth-order valence-electron chi connectivity index (χ4n) is 5.02. The first-order chi connectivity index (χ1) is 17.3. The monoisotopic (exact) mass is 486 g/mol. The summed E-state index contributed by atoms with van der Waals surface area (Å²) >= 11 is 0. The second-order valence-corrected chi connectivity index (χ2v) is 11.2. The van der Waals surface area contributed by atoms with Crippen LogP contribution in [0.2, 0.25) is 0 Å². The topological polar surface area (TPSA) is 47.7 Å². The summed E-state index contributed by atoms with van der Waals surface area (Å²) in [7, 11) is 1.71. The molecule has 0 aliphatic heterocycles. The van der Waals surface area contributed by atoms with Crippen molar-refractivity contribution in [2.24, 2.45) is 5.73 Å². The van der Waals surface area contributed by atoms with Crippen molar-refractivity contribution in [2.45, 2.75) is 83.6 Å². The average molecular weight is 487 g/mol. The van der Waals surface area contributed by atoms with Crippen LogP contribution in [-0.2, 0) is 25.1 Å². The van der Waals surface area contributed by atoms with E-state index in [0.29, 0.717) is 18.7 Å². The first-order valence-corrected chi connectivity index (χ1v) is 13.2. The van der Waals surface area contributed by atoms with Crippen molar-refractivity contribution < 1.29 is 9.47 Å². The van der Waals surface area contributed by atoms with E-state index < -0.39 is 0 Å². The number of nitrogens with zero attached hydrogens (tertiary/aromatic N) is 1. The maximum absolute atomic E-state index is 6.24. The summed E-state index contributed by atoms with van der Waals surface area (Å²) in [6, 6.07) is 26.6. The normalized spacial score (nSPS) is 18.3. The van der Waals surface area contributed by atoms with Crippen LogP contribution >= 0.6 is 0 Å². The molecule has 4 rings (SSSR count). The summed E-state index contributed by atoms with van der Waals surface area (Å²) in [4.78, 5) is 2.62. The minimum absolute atomic E-state index is 0.165. The van der Waals surface area contributed by atoms with Crippen molar-refractivity contribution in [1.82, 2.24) is 4.90 Å². The van der Waals surface area contributed by atoms with Gasteiger partial charge in [-0.05, 0) is 65.5 Å². The van der Waals surface area contributed by atoms with E-state index in [1.165, 1.54) is 16.7 Å². The van der Waals surface area contributed by atoms with Gasteiger partial charge in [0.25, 0.3) is 0 Å². The van der Waals surface area contributed by atoms with Gasteiger partial charge in [0.1, 0.15) is 6.61 Å². The molecule has 3 aromatic carbocycles. The Balaban J connectivity index is 1.49. The van der Waals surface area contributed by atoms with Crippen molar-refractivity contribution in [3.63, 3.8) is 0 Å². The van der Waals surface area contributed by atoms with E-state index in [4.69, 9.17) is 15.2 Å². The Morgan fingerprint density at radius 2 is 1.42 bits per heavy atom. The fourth-order valence-corrected chi connectivity index (χ4v) is 5.02. The summed E-state index contributed by atoms with van der Waals surface area (Å²) in [5, 5.41) is 0. The molecule has 0 heterocycles. The molecule has 1 fully saturated rings. The minimum Gasteiger partial charge on any atom is -0.493 e. The van der Waals surface area contributed by atoms with E-state index in [9.17, 15) is 0 Å². The largest absolute Gasteiger partial charge is 0.493 e. The van der Waals surface area contributed by atoms with Crippen LogP contribution in [-0.4, -0.2) is 24.1 Å². The SMILES string of the molecule is COc1cc(CN(Cc2ccc(C(C)(C)C)cc2)C2CCC(N)CC2)ccc1OCc1ccccc1. The number of rotatable bonds is 9. The number of hydrogen-bond donors (Lipinski definition) is 1. The fraction of sp³-hybridized carbons (Fsp3) is 0.438. The third-order valence-electron chi connectivity index (χ3n) is 7.31. The van der Waals surface area contributed by atoms with Gasteiger partial charge in [0.05, 0.1) is 7.11 Å². The maximum atomic E-state index is 6.24. The molecular weight excluding hydrogens is 444 g/mol. The second kappa shape index (κ2) is 11.9. The van der Waals surface area contributed by atoms with Gasteiger partial charge in [-0.2, -0.15) is 0 Å². The number of methoxy groups -OCH3 is 1. The number of benzene rings is 3. The zero-order valence-corrected chi connectivity index (χ0v) is 22.4. The molecule has 1 aliphatic rings. The molecule has 0 unspecified atom stereocenters. The lowest BCUT2D eigenvalue weighted by molar-refractivity contribution is 0.134. The zero-order valence-electron chi connectivity index (χ0n) is 22.4. The van der Waals surface area contributed by atoms with Crippen molar-refractivity contribution in [3.05, 3.63) is 95.1 Å². The lowest BCUT2D eigenvalue weighted by Gasteiger charge is -2.36. The molecule has 4 heteroatoms. The number of hydrogen-bond acceptors (Lipinski definition) is 4. The van der Waals surface area contributed by atoms with Crippen LogP contribution < -0.4 is 15.2 Å². The van der Waals surface area contributed by atoms with Crippen LogP contribution in [0.15, 0.2) is 72.8 Å². The summed E-state index contributed by atoms with van der Waals surface area (Å²) in [6.45, 7) is 9.12. The van der Waals surface area contributed by atoms with Gasteiger partial charge in [-0.3, -0.25) is 4.90 Å². The van der Waals surface area contributed by atoms with E-state index in [1.807, 2.05) is 24.3 Å². The Hall–Kier alpha value is -2.82. The van der Waals surface area contributed by atoms with E-state index in [2.05, 4.69) is 74.2 Å². The van der Waals surface area contributed by atoms with Gasteiger partial charge in [-0.1, -0.05) is 81.4 Å². The predicted molar refractivity (Wildman–Crippen MR) is 148 cm³/mol. The molecular formula is C32H42N2O2. The molecule has 0 spiro atoms. The third-order valence-corrected chi connectivity index (χ3v) is 7.31. The zero-order chi connectivity index (χ0) is 25.5. The van der Waals surface area contributed by atoms with E-state index in [-0.39, 0.29) is 5.41 Å². The van der Waals surface area contributed by atoms with Gasteiger partial charge < -0.3 is 15.2 Å². The Morgan fingerprint density at radius 1 is 0.778 bits per heavy atom. The molecule has 36 heavy (non-hydrogen) atoms. The molecule has 0 amide bonds. The predicted octanol–water partition coefficient (Wildman–Crippen LogP) is 6.84. The van der Waals surface area contributed by atoms with Crippen molar-refractivity contribution >= 4 is 0 Å². The summed E-state index contributed by atoms with van der Waals surface area (Å²) in [5.41, 5.74) is 11.5. The highest BCUT2D eigenvalue weighted by atomic mass is 16.5.